The minimum Gasteiger partial charge on any atom is -0.444 e. The van der Waals surface area contributed by atoms with Gasteiger partial charge in [-0.25, -0.2) is 4.79 Å². The van der Waals surface area contributed by atoms with E-state index in [4.69, 9.17) is 9.26 Å². The van der Waals surface area contributed by atoms with Crippen molar-refractivity contribution in [1.82, 2.24) is 20.4 Å². The molecule has 1 aromatic rings. The molecule has 1 aliphatic rings. The van der Waals surface area contributed by atoms with Gasteiger partial charge in [0.25, 0.3) is 0 Å². The number of nitrogens with zero attached hydrogens (tertiary/aromatic N) is 3. The summed E-state index contributed by atoms with van der Waals surface area (Å²) in [7, 11) is 0. The highest BCUT2D eigenvalue weighted by Crippen LogP contribution is 2.21. The van der Waals surface area contributed by atoms with Gasteiger partial charge in [-0.05, 0) is 46.5 Å². The van der Waals surface area contributed by atoms with Crippen LogP contribution in [0.25, 0.3) is 0 Å². The zero-order valence-electron chi connectivity index (χ0n) is 14.5. The number of hydrogen-bond donors (Lipinski definition) is 1. The van der Waals surface area contributed by atoms with Gasteiger partial charge in [0.05, 0.1) is 0 Å². The molecule has 1 aromatic heterocycles. The van der Waals surface area contributed by atoms with E-state index in [1.807, 2.05) is 25.7 Å². The number of aromatic nitrogens is 2. The summed E-state index contributed by atoms with van der Waals surface area (Å²) in [5, 5.41) is 7.09. The highest BCUT2D eigenvalue weighted by atomic mass is 16.6. The first-order chi connectivity index (χ1) is 10.8. The van der Waals surface area contributed by atoms with Crippen molar-refractivity contribution >= 4 is 6.09 Å². The predicted molar refractivity (Wildman–Crippen MR) is 86.0 cm³/mol. The molecule has 7 heteroatoms. The van der Waals surface area contributed by atoms with Crippen LogP contribution in [0.15, 0.2) is 10.9 Å². The Labute approximate surface area is 137 Å². The molecule has 0 radical (unpaired) electrons. The molecule has 1 N–H and O–H groups in total. The number of piperidine rings is 1. The number of carbonyl (C=O) groups is 1. The number of likely N-dealkylation sites (tertiary alicyclic amines) is 1. The summed E-state index contributed by atoms with van der Waals surface area (Å²) in [5.41, 5.74) is -0.446. The van der Waals surface area contributed by atoms with Gasteiger partial charge in [-0.3, -0.25) is 0 Å². The first-order valence-corrected chi connectivity index (χ1v) is 8.32. The van der Waals surface area contributed by atoms with Gasteiger partial charge < -0.3 is 19.5 Å². The van der Waals surface area contributed by atoms with Gasteiger partial charge >= 0.3 is 6.09 Å². The summed E-state index contributed by atoms with van der Waals surface area (Å²) < 4.78 is 10.5. The van der Waals surface area contributed by atoms with Crippen LogP contribution in [0.4, 0.5) is 4.79 Å². The molecule has 23 heavy (non-hydrogen) atoms. The van der Waals surface area contributed by atoms with E-state index in [9.17, 15) is 4.79 Å². The second-order valence-corrected chi connectivity index (χ2v) is 7.16. The van der Waals surface area contributed by atoms with Crippen LogP contribution < -0.4 is 5.32 Å². The number of hydrogen-bond acceptors (Lipinski definition) is 6. The lowest BCUT2D eigenvalue weighted by molar-refractivity contribution is 0.0148. The van der Waals surface area contributed by atoms with Crippen molar-refractivity contribution in [3.8, 4) is 0 Å². The molecule has 2 heterocycles. The lowest BCUT2D eigenvalue weighted by Crippen LogP contribution is -2.48. The first kappa shape index (κ1) is 17.7. The second kappa shape index (κ2) is 7.77. The molecule has 0 saturated carbocycles. The lowest BCUT2D eigenvalue weighted by atomic mass is 9.91. The summed E-state index contributed by atoms with van der Waals surface area (Å²) in [6, 6.07) is 0.322. The molecule has 0 spiro atoms. The zero-order chi connectivity index (χ0) is 16.9. The Morgan fingerprint density at radius 1 is 1.57 bits per heavy atom. The monoisotopic (exact) mass is 324 g/mol. The van der Waals surface area contributed by atoms with Gasteiger partial charge in [-0.2, -0.15) is 4.98 Å². The average molecular weight is 324 g/mol. The number of nitrogens with one attached hydrogen (secondary N) is 1. The maximum atomic E-state index is 12.2. The predicted octanol–water partition coefficient (Wildman–Crippen LogP) is 2.24. The Morgan fingerprint density at radius 3 is 3.00 bits per heavy atom. The van der Waals surface area contributed by atoms with Crippen molar-refractivity contribution in [1.29, 1.82) is 0 Å². The van der Waals surface area contributed by atoms with Crippen LogP contribution in [0.2, 0.25) is 0 Å². The van der Waals surface area contributed by atoms with Crippen LogP contribution in [0, 0.1) is 5.92 Å². The number of ether oxygens (including phenoxy) is 1. The van der Waals surface area contributed by atoms with Crippen molar-refractivity contribution in [2.45, 2.75) is 58.6 Å². The second-order valence-electron chi connectivity index (χ2n) is 7.16. The normalized spacial score (nSPS) is 20.3. The largest absolute Gasteiger partial charge is 0.444 e. The van der Waals surface area contributed by atoms with Crippen LogP contribution in [0.1, 0.15) is 46.4 Å². The van der Waals surface area contributed by atoms with Crippen LogP contribution in [0.3, 0.4) is 0 Å². The summed E-state index contributed by atoms with van der Waals surface area (Å²) >= 11 is 0. The van der Waals surface area contributed by atoms with Crippen molar-refractivity contribution in [2.75, 3.05) is 19.6 Å². The fourth-order valence-corrected chi connectivity index (χ4v) is 2.79. The van der Waals surface area contributed by atoms with E-state index in [0.717, 1.165) is 32.5 Å². The van der Waals surface area contributed by atoms with Crippen LogP contribution in [0.5, 0.6) is 0 Å². The van der Waals surface area contributed by atoms with Crippen molar-refractivity contribution < 1.29 is 14.1 Å². The topological polar surface area (TPSA) is 80.5 Å². The number of carbonyl (C=O) groups excluding carboxylic acids is 1. The Morgan fingerprint density at radius 2 is 2.35 bits per heavy atom. The fourth-order valence-electron chi connectivity index (χ4n) is 2.79. The van der Waals surface area contributed by atoms with E-state index in [1.165, 1.54) is 6.33 Å². The van der Waals surface area contributed by atoms with E-state index >= 15 is 0 Å². The molecular weight excluding hydrogens is 296 g/mol. The molecule has 7 nitrogen and oxygen atoms in total. The van der Waals surface area contributed by atoms with Gasteiger partial charge in [0.2, 0.25) is 5.89 Å². The smallest absolute Gasteiger partial charge is 0.410 e. The summed E-state index contributed by atoms with van der Waals surface area (Å²) in [4.78, 5) is 18.0. The van der Waals surface area contributed by atoms with E-state index in [-0.39, 0.29) is 6.09 Å². The van der Waals surface area contributed by atoms with Gasteiger partial charge in [-0.1, -0.05) is 5.16 Å². The Balaban J connectivity index is 1.76. The molecule has 1 saturated heterocycles. The van der Waals surface area contributed by atoms with E-state index < -0.39 is 5.60 Å². The summed E-state index contributed by atoms with van der Waals surface area (Å²) in [6.45, 7) is 10.2. The molecule has 1 amide bonds. The maximum Gasteiger partial charge on any atom is 0.410 e. The van der Waals surface area contributed by atoms with Crippen LogP contribution in [-0.2, 0) is 11.2 Å². The fraction of sp³-hybridized carbons (Fsp3) is 0.812. The van der Waals surface area contributed by atoms with Gasteiger partial charge in [0.15, 0.2) is 6.33 Å². The van der Waals surface area contributed by atoms with Crippen molar-refractivity contribution in [2.24, 2.45) is 5.92 Å². The molecule has 2 unspecified atom stereocenters. The van der Waals surface area contributed by atoms with E-state index in [2.05, 4.69) is 22.4 Å². The minimum atomic E-state index is -0.446. The highest BCUT2D eigenvalue weighted by Gasteiger charge is 2.29. The molecule has 1 aliphatic heterocycles. The van der Waals surface area contributed by atoms with E-state index in [1.54, 1.807) is 0 Å². The quantitative estimate of drug-likeness (QED) is 0.894. The minimum absolute atomic E-state index is 0.208. The first-order valence-electron chi connectivity index (χ1n) is 8.32. The summed E-state index contributed by atoms with van der Waals surface area (Å²) in [6.07, 6.45) is 4.05. The molecule has 0 bridgehead atoms. The number of rotatable bonds is 5. The van der Waals surface area contributed by atoms with Crippen LogP contribution in [-0.4, -0.2) is 52.4 Å². The van der Waals surface area contributed by atoms with Crippen molar-refractivity contribution in [3.63, 3.8) is 0 Å². The third-order valence-corrected chi connectivity index (χ3v) is 4.03. The Kier molecular flexibility index (Phi) is 5.98. The molecule has 2 rings (SSSR count). The molecule has 2 atom stereocenters. The standard InChI is InChI=1S/C16H28N4O3/c1-12(17-8-7-14-18-11-19-23-14)13-6-5-9-20(10-13)15(21)22-16(2,3)4/h11-13,17H,5-10H2,1-4H3. The third-order valence-electron chi connectivity index (χ3n) is 4.03. The van der Waals surface area contributed by atoms with Crippen molar-refractivity contribution in [3.05, 3.63) is 12.2 Å². The third kappa shape index (κ3) is 5.82. The van der Waals surface area contributed by atoms with Crippen LogP contribution >= 0.6 is 0 Å². The molecule has 130 valence electrons. The van der Waals surface area contributed by atoms with Gasteiger partial charge in [-0.15, -0.1) is 0 Å². The average Bonchev–Trinajstić information content (AvgIpc) is 2.99. The maximum absolute atomic E-state index is 12.2. The molecule has 0 aromatic carbocycles. The van der Waals surface area contributed by atoms with E-state index in [0.29, 0.717) is 24.3 Å². The Hall–Kier alpha value is -1.63. The number of amides is 1. The summed E-state index contributed by atoms with van der Waals surface area (Å²) in [5.74, 6) is 1.07. The molecule has 0 aliphatic carbocycles. The molecule has 1 fully saturated rings. The van der Waals surface area contributed by atoms with Gasteiger partial charge in [0, 0.05) is 32.1 Å². The SMILES string of the molecule is CC(NCCc1ncno1)C1CCCN(C(=O)OC(C)(C)C)C1. The Bertz CT molecular complexity index is 484. The highest BCUT2D eigenvalue weighted by molar-refractivity contribution is 5.68. The zero-order valence-corrected chi connectivity index (χ0v) is 14.5. The van der Waals surface area contributed by atoms with Gasteiger partial charge in [0.1, 0.15) is 5.60 Å². The molecular formula is C16H28N4O3. The lowest BCUT2D eigenvalue weighted by Gasteiger charge is -2.36.